The fraction of sp³-hybridized carbons (Fsp3) is 0.909. The van der Waals surface area contributed by atoms with Crippen molar-refractivity contribution in [2.75, 3.05) is 19.7 Å². The molecule has 1 aliphatic heterocycles. The maximum Gasteiger partial charge on any atom is 0.0628 e. The van der Waals surface area contributed by atoms with Gasteiger partial charge in [-0.15, -0.1) is 0 Å². The maximum absolute atomic E-state index is 9.18. The van der Waals surface area contributed by atoms with E-state index < -0.39 is 0 Å². The fourth-order valence-electron chi connectivity index (χ4n) is 2.48. The third-order valence-electron chi connectivity index (χ3n) is 3.66. The largest absolute Gasteiger partial charge is 0.395 e. The van der Waals surface area contributed by atoms with Crippen LogP contribution in [0.25, 0.3) is 0 Å². The highest BCUT2D eigenvalue weighted by molar-refractivity contribution is 5.02. The van der Waals surface area contributed by atoms with E-state index in [1.54, 1.807) is 0 Å². The Morgan fingerprint density at radius 1 is 1.50 bits per heavy atom. The number of hydrogen-bond donors (Lipinski definition) is 1. The Bertz CT molecular complexity index is 242. The molecule has 0 radical (unpaired) electrons. The second-order valence-corrected chi connectivity index (χ2v) is 4.78. The third kappa shape index (κ3) is 1.92. The van der Waals surface area contributed by atoms with Gasteiger partial charge >= 0.3 is 0 Å². The van der Waals surface area contributed by atoms with Gasteiger partial charge in [0.15, 0.2) is 0 Å². The van der Waals surface area contributed by atoms with Crippen molar-refractivity contribution < 1.29 is 5.11 Å². The lowest BCUT2D eigenvalue weighted by Gasteiger charge is -2.26. The summed E-state index contributed by atoms with van der Waals surface area (Å²) in [6.45, 7) is 2.42. The van der Waals surface area contributed by atoms with Crippen molar-refractivity contribution in [3.05, 3.63) is 0 Å². The molecule has 78 valence electrons. The molecule has 1 saturated carbocycles. The summed E-state index contributed by atoms with van der Waals surface area (Å²) in [5, 5.41) is 17.9. The molecule has 0 aromatic carbocycles. The molecule has 0 amide bonds. The van der Waals surface area contributed by atoms with Crippen LogP contribution in [0, 0.1) is 16.7 Å². The van der Waals surface area contributed by atoms with E-state index in [1.807, 2.05) is 0 Å². The van der Waals surface area contributed by atoms with Crippen molar-refractivity contribution in [2.24, 2.45) is 5.41 Å². The van der Waals surface area contributed by atoms with Crippen molar-refractivity contribution in [3.8, 4) is 6.07 Å². The summed E-state index contributed by atoms with van der Waals surface area (Å²) in [4.78, 5) is 2.38. The van der Waals surface area contributed by atoms with Crippen molar-refractivity contribution in [3.63, 3.8) is 0 Å². The van der Waals surface area contributed by atoms with Gasteiger partial charge in [-0.25, -0.2) is 0 Å². The number of nitrogens with zero attached hydrogens (tertiary/aromatic N) is 2. The monoisotopic (exact) mass is 194 g/mol. The molecule has 0 spiro atoms. The van der Waals surface area contributed by atoms with E-state index in [0.717, 1.165) is 19.5 Å². The Morgan fingerprint density at radius 3 is 2.86 bits per heavy atom. The number of aliphatic hydroxyl groups is 1. The van der Waals surface area contributed by atoms with Crippen LogP contribution in [0.3, 0.4) is 0 Å². The molecule has 1 unspecified atom stereocenters. The van der Waals surface area contributed by atoms with E-state index in [4.69, 9.17) is 5.26 Å². The zero-order valence-corrected chi connectivity index (χ0v) is 8.58. The SMILES string of the molecule is N#CCC1(CN2CCCC2CO)CC1. The number of aliphatic hydroxyl groups excluding tert-OH is 1. The average Bonchev–Trinajstić information content (AvgIpc) is 2.79. The summed E-state index contributed by atoms with van der Waals surface area (Å²) < 4.78 is 0. The van der Waals surface area contributed by atoms with Gasteiger partial charge < -0.3 is 5.11 Å². The van der Waals surface area contributed by atoms with Crippen molar-refractivity contribution in [1.82, 2.24) is 4.90 Å². The minimum Gasteiger partial charge on any atom is -0.395 e. The molecule has 2 aliphatic rings. The van der Waals surface area contributed by atoms with Crippen LogP contribution in [0.5, 0.6) is 0 Å². The molecule has 1 aliphatic carbocycles. The minimum absolute atomic E-state index is 0.280. The van der Waals surface area contributed by atoms with E-state index >= 15 is 0 Å². The van der Waals surface area contributed by atoms with Crippen LogP contribution in [-0.2, 0) is 0 Å². The van der Waals surface area contributed by atoms with Gasteiger partial charge in [0.05, 0.1) is 12.7 Å². The molecule has 2 rings (SSSR count). The molecular weight excluding hydrogens is 176 g/mol. The number of hydrogen-bond acceptors (Lipinski definition) is 3. The standard InChI is InChI=1S/C11H18N2O/c12-6-5-11(3-4-11)9-13-7-1-2-10(13)8-14/h10,14H,1-5,7-9H2. The molecule has 1 saturated heterocycles. The Labute approximate surface area is 85.3 Å². The smallest absolute Gasteiger partial charge is 0.0628 e. The first-order valence-corrected chi connectivity index (χ1v) is 5.51. The number of likely N-dealkylation sites (tertiary alicyclic amines) is 1. The van der Waals surface area contributed by atoms with Crippen molar-refractivity contribution in [2.45, 2.75) is 38.1 Å². The lowest BCUT2D eigenvalue weighted by Crippen LogP contribution is -2.36. The Morgan fingerprint density at radius 2 is 2.29 bits per heavy atom. The van der Waals surface area contributed by atoms with Crippen LogP contribution in [-0.4, -0.2) is 35.7 Å². The van der Waals surface area contributed by atoms with Gasteiger partial charge in [0.1, 0.15) is 0 Å². The molecular formula is C11H18N2O. The molecule has 1 heterocycles. The second-order valence-electron chi connectivity index (χ2n) is 4.78. The molecule has 1 N–H and O–H groups in total. The van der Waals surface area contributed by atoms with E-state index in [9.17, 15) is 5.11 Å². The lowest BCUT2D eigenvalue weighted by atomic mass is 10.0. The highest BCUT2D eigenvalue weighted by Gasteiger charge is 2.45. The van der Waals surface area contributed by atoms with E-state index in [-0.39, 0.29) is 6.61 Å². The summed E-state index contributed by atoms with van der Waals surface area (Å²) in [7, 11) is 0. The van der Waals surface area contributed by atoms with E-state index in [2.05, 4.69) is 11.0 Å². The minimum atomic E-state index is 0.280. The van der Waals surface area contributed by atoms with Crippen molar-refractivity contribution in [1.29, 1.82) is 5.26 Å². The normalized spacial score (nSPS) is 30.1. The number of rotatable bonds is 4. The summed E-state index contributed by atoms with van der Waals surface area (Å²) in [5.74, 6) is 0. The first-order valence-electron chi connectivity index (χ1n) is 5.51. The first kappa shape index (κ1) is 9.95. The third-order valence-corrected chi connectivity index (χ3v) is 3.66. The van der Waals surface area contributed by atoms with Gasteiger partial charge in [0.2, 0.25) is 0 Å². The van der Waals surface area contributed by atoms with E-state index in [0.29, 0.717) is 17.9 Å². The van der Waals surface area contributed by atoms with Crippen LogP contribution < -0.4 is 0 Å². The fourth-order valence-corrected chi connectivity index (χ4v) is 2.48. The van der Waals surface area contributed by atoms with Crippen LogP contribution in [0.15, 0.2) is 0 Å². The summed E-state index contributed by atoms with van der Waals surface area (Å²) in [5.41, 5.74) is 0.298. The molecule has 3 nitrogen and oxygen atoms in total. The van der Waals surface area contributed by atoms with Gasteiger partial charge in [-0.2, -0.15) is 5.26 Å². The lowest BCUT2D eigenvalue weighted by molar-refractivity contribution is 0.137. The molecule has 14 heavy (non-hydrogen) atoms. The average molecular weight is 194 g/mol. The van der Waals surface area contributed by atoms with Gasteiger partial charge in [-0.1, -0.05) is 0 Å². The maximum atomic E-state index is 9.18. The Hall–Kier alpha value is -0.590. The molecule has 2 fully saturated rings. The van der Waals surface area contributed by atoms with Crippen LogP contribution in [0.4, 0.5) is 0 Å². The summed E-state index contributed by atoms with van der Waals surface area (Å²) in [6.07, 6.45) is 5.43. The van der Waals surface area contributed by atoms with Gasteiger partial charge in [-0.05, 0) is 37.6 Å². The van der Waals surface area contributed by atoms with Gasteiger partial charge in [0.25, 0.3) is 0 Å². The van der Waals surface area contributed by atoms with Crippen LogP contribution >= 0.6 is 0 Å². The predicted octanol–water partition coefficient (Wildman–Crippen LogP) is 1.14. The molecule has 3 heteroatoms. The highest BCUT2D eigenvalue weighted by Crippen LogP contribution is 2.49. The molecule has 0 aromatic rings. The zero-order valence-electron chi connectivity index (χ0n) is 8.58. The van der Waals surface area contributed by atoms with Crippen LogP contribution in [0.1, 0.15) is 32.1 Å². The van der Waals surface area contributed by atoms with Gasteiger partial charge in [-0.3, -0.25) is 4.90 Å². The summed E-state index contributed by atoms with van der Waals surface area (Å²) >= 11 is 0. The van der Waals surface area contributed by atoms with Crippen LogP contribution in [0.2, 0.25) is 0 Å². The quantitative estimate of drug-likeness (QED) is 0.730. The molecule has 1 atom stereocenters. The summed E-state index contributed by atoms with van der Waals surface area (Å²) in [6, 6.07) is 2.65. The predicted molar refractivity (Wildman–Crippen MR) is 53.6 cm³/mol. The zero-order chi connectivity index (χ0) is 10.0. The molecule has 0 aromatic heterocycles. The first-order chi connectivity index (χ1) is 6.79. The van der Waals surface area contributed by atoms with Gasteiger partial charge in [0, 0.05) is 19.0 Å². The Kier molecular flexibility index (Phi) is 2.76. The highest BCUT2D eigenvalue weighted by atomic mass is 16.3. The van der Waals surface area contributed by atoms with E-state index in [1.165, 1.54) is 19.3 Å². The van der Waals surface area contributed by atoms with Crippen molar-refractivity contribution >= 4 is 0 Å². The number of nitriles is 1. The molecule has 0 bridgehead atoms. The topological polar surface area (TPSA) is 47.3 Å². The second kappa shape index (κ2) is 3.88. The Balaban J connectivity index is 1.88.